The number of fused-ring (bicyclic) bond motifs is 1. The fourth-order valence-corrected chi connectivity index (χ4v) is 7.20. The molecule has 0 N–H and O–H groups in total. The molecule has 0 bridgehead atoms. The molecule has 6 rings (SSSR count). The van der Waals surface area contributed by atoms with Crippen molar-refractivity contribution < 1.29 is 19.1 Å². The first-order chi connectivity index (χ1) is 23.9. The number of carbonyl (C=O) groups excluding carboxylic acids is 2. The van der Waals surface area contributed by atoms with Gasteiger partial charge in [-0.3, -0.25) is 4.79 Å². The number of esters is 1. The minimum Gasteiger partial charge on any atom is -0.469 e. The van der Waals surface area contributed by atoms with E-state index in [9.17, 15) is 9.59 Å². The summed E-state index contributed by atoms with van der Waals surface area (Å²) in [4.78, 5) is 41.4. The predicted octanol–water partition coefficient (Wildman–Crippen LogP) is 6.09. The average Bonchev–Trinajstić information content (AvgIpc) is 3.70. The molecule has 11 heteroatoms. The summed E-state index contributed by atoms with van der Waals surface area (Å²) in [6, 6.07) is 16.9. The Morgan fingerprint density at radius 3 is 2.48 bits per heavy atom. The van der Waals surface area contributed by atoms with Crippen LogP contribution in [-0.2, 0) is 20.7 Å². The van der Waals surface area contributed by atoms with Crippen molar-refractivity contribution in [2.24, 2.45) is 5.92 Å². The first kappa shape index (κ1) is 35.3. The topological polar surface area (TPSA) is 106 Å². The molecule has 2 aliphatic rings. The molecule has 2 saturated heterocycles. The van der Waals surface area contributed by atoms with Gasteiger partial charge in [0.1, 0.15) is 5.60 Å². The van der Waals surface area contributed by atoms with E-state index in [0.29, 0.717) is 32.1 Å². The third-order valence-electron chi connectivity index (χ3n) is 9.77. The number of aromatic nitrogens is 4. The number of ether oxygens (including phenoxy) is 2. The second kappa shape index (κ2) is 15.2. The summed E-state index contributed by atoms with van der Waals surface area (Å²) in [7, 11) is 1.46. The Kier molecular flexibility index (Phi) is 10.7. The molecule has 0 spiro atoms. The van der Waals surface area contributed by atoms with Crippen LogP contribution in [0.5, 0.6) is 0 Å². The van der Waals surface area contributed by atoms with E-state index >= 15 is 0 Å². The van der Waals surface area contributed by atoms with Gasteiger partial charge < -0.3 is 24.2 Å². The standard InChI is InChI=1S/C39H51N7O4/c1-27-20-28(2)46(42-27)35-22-31(21-34(24-35)44-16-18-45(19-17-44)38(48)50-39(3,4)5)32(23-36(47)49-6)26-43-15-13-29(25-43)9-11-33-12-10-30-8-7-14-40-37(30)41-33/h7-8,10,12,14,20-22,24,29,32H,9,11,13,15-19,23,25-26H2,1-6H3/t29-,32?/m1/s1. The number of hydrogen-bond donors (Lipinski definition) is 0. The molecule has 11 nitrogen and oxygen atoms in total. The van der Waals surface area contributed by atoms with Crippen LogP contribution in [0.3, 0.4) is 0 Å². The molecule has 5 heterocycles. The van der Waals surface area contributed by atoms with Crippen molar-refractivity contribution >= 4 is 28.8 Å². The number of rotatable bonds is 10. The van der Waals surface area contributed by atoms with Crippen LogP contribution in [0.25, 0.3) is 16.7 Å². The third-order valence-corrected chi connectivity index (χ3v) is 9.77. The summed E-state index contributed by atoms with van der Waals surface area (Å²) >= 11 is 0. The second-order valence-electron chi connectivity index (χ2n) is 14.9. The molecule has 2 fully saturated rings. The number of anilines is 1. The number of likely N-dealkylation sites (tertiary alicyclic amines) is 1. The van der Waals surface area contributed by atoms with Gasteiger partial charge in [-0.2, -0.15) is 5.10 Å². The van der Waals surface area contributed by atoms with Crippen molar-refractivity contribution in [1.29, 1.82) is 0 Å². The number of nitrogens with zero attached hydrogens (tertiary/aromatic N) is 7. The number of carbonyl (C=O) groups is 2. The number of methoxy groups -OCH3 is 1. The lowest BCUT2D eigenvalue weighted by Crippen LogP contribution is -2.50. The van der Waals surface area contributed by atoms with Crippen molar-refractivity contribution in [3.8, 4) is 5.69 Å². The Morgan fingerprint density at radius 2 is 1.76 bits per heavy atom. The van der Waals surface area contributed by atoms with E-state index in [1.807, 2.05) is 44.5 Å². The van der Waals surface area contributed by atoms with Gasteiger partial charge in [-0.05, 0) is 120 Å². The van der Waals surface area contributed by atoms with Gasteiger partial charge in [0.15, 0.2) is 5.65 Å². The molecule has 4 aromatic rings. The molecule has 0 aliphatic carbocycles. The summed E-state index contributed by atoms with van der Waals surface area (Å²) in [6.45, 7) is 15.0. The number of aryl methyl sites for hydroxylation is 3. The minimum absolute atomic E-state index is 0.0619. The molecule has 0 radical (unpaired) electrons. The number of hydrogen-bond acceptors (Lipinski definition) is 9. The van der Waals surface area contributed by atoms with E-state index in [1.54, 1.807) is 11.1 Å². The monoisotopic (exact) mass is 681 g/mol. The van der Waals surface area contributed by atoms with Crippen LogP contribution in [0.15, 0.2) is 54.7 Å². The number of benzene rings is 1. The summed E-state index contributed by atoms with van der Waals surface area (Å²) in [6.07, 6.45) is 4.92. The van der Waals surface area contributed by atoms with E-state index in [2.05, 4.69) is 58.1 Å². The minimum atomic E-state index is -0.534. The molecule has 266 valence electrons. The predicted molar refractivity (Wildman–Crippen MR) is 195 cm³/mol. The van der Waals surface area contributed by atoms with Gasteiger partial charge in [-0.15, -0.1) is 0 Å². The zero-order valence-corrected chi connectivity index (χ0v) is 30.4. The lowest BCUT2D eigenvalue weighted by molar-refractivity contribution is -0.141. The van der Waals surface area contributed by atoms with Crippen molar-refractivity contribution in [2.45, 2.75) is 71.8 Å². The van der Waals surface area contributed by atoms with Crippen LogP contribution >= 0.6 is 0 Å². The number of piperazine rings is 1. The normalized spacial score (nSPS) is 17.7. The molecule has 0 saturated carbocycles. The highest BCUT2D eigenvalue weighted by atomic mass is 16.6. The first-order valence-electron chi connectivity index (χ1n) is 17.9. The van der Waals surface area contributed by atoms with E-state index in [1.165, 1.54) is 7.11 Å². The summed E-state index contributed by atoms with van der Waals surface area (Å²) in [5, 5.41) is 5.87. The van der Waals surface area contributed by atoms with Crippen molar-refractivity contribution in [3.05, 3.63) is 77.4 Å². The maximum absolute atomic E-state index is 12.9. The van der Waals surface area contributed by atoms with E-state index in [-0.39, 0.29) is 24.4 Å². The molecule has 1 amide bonds. The molecular formula is C39H51N7O4. The molecular weight excluding hydrogens is 630 g/mol. The zero-order chi connectivity index (χ0) is 35.4. The highest BCUT2D eigenvalue weighted by molar-refractivity contribution is 5.74. The SMILES string of the molecule is COC(=O)CC(CN1CC[C@@H](CCc2ccc3cccnc3n2)C1)c1cc(N2CCN(C(=O)OC(C)(C)C)CC2)cc(-n2nc(C)cc2C)c1. The quantitative estimate of drug-likeness (QED) is 0.184. The Labute approximate surface area is 295 Å². The molecule has 2 aliphatic heterocycles. The summed E-state index contributed by atoms with van der Waals surface area (Å²) < 4.78 is 12.8. The van der Waals surface area contributed by atoms with E-state index in [4.69, 9.17) is 19.6 Å². The Bertz CT molecular complexity index is 1810. The Hall–Kier alpha value is -4.51. The Morgan fingerprint density at radius 1 is 0.980 bits per heavy atom. The van der Waals surface area contributed by atoms with Crippen molar-refractivity contribution in [1.82, 2.24) is 29.5 Å². The van der Waals surface area contributed by atoms with Crippen molar-refractivity contribution in [2.75, 3.05) is 57.8 Å². The van der Waals surface area contributed by atoms with Gasteiger partial charge >= 0.3 is 12.1 Å². The highest BCUT2D eigenvalue weighted by Gasteiger charge is 2.30. The average molecular weight is 682 g/mol. The van der Waals surface area contributed by atoms with Gasteiger partial charge in [0.05, 0.1) is 24.9 Å². The van der Waals surface area contributed by atoms with Gasteiger partial charge in [0.25, 0.3) is 0 Å². The lowest BCUT2D eigenvalue weighted by Gasteiger charge is -2.37. The van der Waals surface area contributed by atoms with Gasteiger partial charge in [-0.25, -0.2) is 19.4 Å². The van der Waals surface area contributed by atoms with E-state index in [0.717, 1.165) is 84.0 Å². The number of pyridine rings is 2. The first-order valence-corrected chi connectivity index (χ1v) is 17.9. The molecule has 50 heavy (non-hydrogen) atoms. The van der Waals surface area contributed by atoms with Crippen molar-refractivity contribution in [3.63, 3.8) is 0 Å². The summed E-state index contributed by atoms with van der Waals surface area (Å²) in [5.74, 6) is 0.284. The van der Waals surface area contributed by atoms with Crippen LogP contribution in [0, 0.1) is 19.8 Å². The molecule has 1 unspecified atom stereocenters. The molecule has 2 atom stereocenters. The van der Waals surface area contributed by atoms with Crippen LogP contribution in [-0.4, -0.2) is 100 Å². The van der Waals surface area contributed by atoms with Gasteiger partial charge in [-0.1, -0.05) is 0 Å². The lowest BCUT2D eigenvalue weighted by atomic mass is 9.93. The largest absolute Gasteiger partial charge is 0.469 e. The Balaban J connectivity index is 1.19. The maximum Gasteiger partial charge on any atom is 0.410 e. The summed E-state index contributed by atoms with van der Waals surface area (Å²) in [5.41, 5.74) is 6.45. The molecule has 3 aromatic heterocycles. The van der Waals surface area contributed by atoms with Crippen LogP contribution in [0.4, 0.5) is 10.5 Å². The van der Waals surface area contributed by atoms with Crippen LogP contribution < -0.4 is 4.90 Å². The molecule has 1 aromatic carbocycles. The smallest absolute Gasteiger partial charge is 0.410 e. The highest BCUT2D eigenvalue weighted by Crippen LogP contribution is 2.32. The fraction of sp³-hybridized carbons (Fsp3) is 0.513. The third kappa shape index (κ3) is 8.79. The maximum atomic E-state index is 12.9. The number of amides is 1. The van der Waals surface area contributed by atoms with Crippen LogP contribution in [0.1, 0.15) is 68.6 Å². The second-order valence-corrected chi connectivity index (χ2v) is 14.9. The van der Waals surface area contributed by atoms with E-state index < -0.39 is 5.60 Å². The van der Waals surface area contributed by atoms with Gasteiger partial charge in [0.2, 0.25) is 0 Å². The fourth-order valence-electron chi connectivity index (χ4n) is 7.20. The zero-order valence-electron chi connectivity index (χ0n) is 30.4. The van der Waals surface area contributed by atoms with Crippen LogP contribution in [0.2, 0.25) is 0 Å². The van der Waals surface area contributed by atoms with Gasteiger partial charge in [0, 0.05) is 73.8 Å².